The van der Waals surface area contributed by atoms with Gasteiger partial charge in [-0.3, -0.25) is 9.59 Å². The SMILES string of the molecule is O=C(Nc1ccc(F)c(F)c1)C1CCN(C(=O)c2ncn3c2COC(c2ccccc2)C3)CC1. The molecule has 1 aromatic heterocycles. The second-order valence-corrected chi connectivity index (χ2v) is 8.59. The van der Waals surface area contributed by atoms with E-state index in [0.29, 0.717) is 44.8 Å². The van der Waals surface area contributed by atoms with Crippen LogP contribution in [0.15, 0.2) is 54.9 Å². The van der Waals surface area contributed by atoms with Crippen LogP contribution < -0.4 is 5.32 Å². The molecule has 0 radical (unpaired) electrons. The summed E-state index contributed by atoms with van der Waals surface area (Å²) >= 11 is 0. The number of likely N-dealkylation sites (tertiary alicyclic amines) is 1. The van der Waals surface area contributed by atoms with Crippen molar-refractivity contribution in [3.05, 3.63) is 83.4 Å². The van der Waals surface area contributed by atoms with Gasteiger partial charge in [-0.1, -0.05) is 30.3 Å². The van der Waals surface area contributed by atoms with Crippen molar-refractivity contribution in [2.75, 3.05) is 18.4 Å². The summed E-state index contributed by atoms with van der Waals surface area (Å²) in [5, 5.41) is 2.63. The largest absolute Gasteiger partial charge is 0.365 e. The van der Waals surface area contributed by atoms with Crippen molar-refractivity contribution in [2.24, 2.45) is 5.92 Å². The van der Waals surface area contributed by atoms with Gasteiger partial charge in [0.25, 0.3) is 5.91 Å². The summed E-state index contributed by atoms with van der Waals surface area (Å²) in [6, 6.07) is 13.2. The Morgan fingerprint density at radius 3 is 2.53 bits per heavy atom. The van der Waals surface area contributed by atoms with Gasteiger partial charge in [-0.15, -0.1) is 0 Å². The molecule has 0 spiro atoms. The third-order valence-electron chi connectivity index (χ3n) is 6.44. The summed E-state index contributed by atoms with van der Waals surface area (Å²) in [4.78, 5) is 31.8. The van der Waals surface area contributed by atoms with Gasteiger partial charge in [0, 0.05) is 30.8 Å². The molecule has 7 nitrogen and oxygen atoms in total. The van der Waals surface area contributed by atoms with Gasteiger partial charge < -0.3 is 19.5 Å². The number of hydrogen-bond donors (Lipinski definition) is 1. The summed E-state index contributed by atoms with van der Waals surface area (Å²) < 4.78 is 34.5. The van der Waals surface area contributed by atoms with Gasteiger partial charge in [0.2, 0.25) is 5.91 Å². The van der Waals surface area contributed by atoms with Gasteiger partial charge in [0.1, 0.15) is 6.10 Å². The van der Waals surface area contributed by atoms with Crippen molar-refractivity contribution in [3.8, 4) is 0 Å². The highest BCUT2D eigenvalue weighted by Crippen LogP contribution is 2.29. The Kier molecular flexibility index (Phi) is 6.10. The number of hydrogen-bond acceptors (Lipinski definition) is 4. The molecule has 1 fully saturated rings. The van der Waals surface area contributed by atoms with Gasteiger partial charge in [-0.05, 0) is 30.5 Å². The van der Waals surface area contributed by atoms with Crippen LogP contribution in [0.2, 0.25) is 0 Å². The van der Waals surface area contributed by atoms with E-state index in [2.05, 4.69) is 10.3 Å². The average molecular weight is 466 g/mol. The Morgan fingerprint density at radius 2 is 1.79 bits per heavy atom. The van der Waals surface area contributed by atoms with Gasteiger partial charge in [0.15, 0.2) is 17.3 Å². The minimum Gasteiger partial charge on any atom is -0.365 e. The van der Waals surface area contributed by atoms with Crippen molar-refractivity contribution in [1.29, 1.82) is 0 Å². The first-order valence-electron chi connectivity index (χ1n) is 11.3. The molecule has 1 atom stereocenters. The third-order valence-corrected chi connectivity index (χ3v) is 6.44. The lowest BCUT2D eigenvalue weighted by Crippen LogP contribution is -2.42. The number of imidazole rings is 1. The molecule has 34 heavy (non-hydrogen) atoms. The minimum atomic E-state index is -1.01. The van der Waals surface area contributed by atoms with Crippen LogP contribution in [-0.2, 0) is 22.7 Å². The normalized spacial score (nSPS) is 18.4. The van der Waals surface area contributed by atoms with E-state index in [1.165, 1.54) is 6.07 Å². The van der Waals surface area contributed by atoms with Gasteiger partial charge in [-0.2, -0.15) is 0 Å². The second kappa shape index (κ2) is 9.34. The van der Waals surface area contributed by atoms with E-state index in [4.69, 9.17) is 4.74 Å². The van der Waals surface area contributed by atoms with E-state index in [9.17, 15) is 18.4 Å². The first-order valence-corrected chi connectivity index (χ1v) is 11.3. The van der Waals surface area contributed by atoms with Crippen molar-refractivity contribution >= 4 is 17.5 Å². The number of nitrogens with one attached hydrogen (secondary N) is 1. The predicted octanol–water partition coefficient (Wildman–Crippen LogP) is 3.92. The highest BCUT2D eigenvalue weighted by Gasteiger charge is 2.32. The van der Waals surface area contributed by atoms with Gasteiger partial charge in [0.05, 0.1) is 25.2 Å². The molecule has 2 amide bonds. The zero-order valence-corrected chi connectivity index (χ0v) is 18.4. The van der Waals surface area contributed by atoms with Crippen molar-refractivity contribution < 1.29 is 23.1 Å². The van der Waals surface area contributed by atoms with Crippen LogP contribution in [0.5, 0.6) is 0 Å². The van der Waals surface area contributed by atoms with E-state index < -0.39 is 11.6 Å². The van der Waals surface area contributed by atoms with Crippen LogP contribution in [0.25, 0.3) is 0 Å². The maximum absolute atomic E-state index is 13.4. The Hall–Kier alpha value is -3.59. The van der Waals surface area contributed by atoms with Crippen LogP contribution in [0.1, 0.15) is 40.7 Å². The fourth-order valence-corrected chi connectivity index (χ4v) is 4.49. The van der Waals surface area contributed by atoms with Gasteiger partial charge >= 0.3 is 0 Å². The lowest BCUT2D eigenvalue weighted by atomic mass is 9.95. The Balaban J connectivity index is 1.18. The summed E-state index contributed by atoms with van der Waals surface area (Å²) in [7, 11) is 0. The fraction of sp³-hybridized carbons (Fsp3) is 0.320. The number of carbonyl (C=O) groups excluding carboxylic acids is 2. The summed E-state index contributed by atoms with van der Waals surface area (Å²) in [6.07, 6.45) is 2.55. The summed E-state index contributed by atoms with van der Waals surface area (Å²) in [5.74, 6) is -2.73. The number of amides is 2. The number of carbonyl (C=O) groups is 2. The molecule has 1 saturated heterocycles. The number of nitrogens with zero attached hydrogens (tertiary/aromatic N) is 3. The second-order valence-electron chi connectivity index (χ2n) is 8.59. The molecule has 2 aromatic carbocycles. The molecular formula is C25H24F2N4O3. The lowest BCUT2D eigenvalue weighted by molar-refractivity contribution is -0.121. The molecule has 3 aromatic rings. The quantitative estimate of drug-likeness (QED) is 0.632. The summed E-state index contributed by atoms with van der Waals surface area (Å²) in [5.41, 5.74) is 2.44. The van der Waals surface area contributed by atoms with E-state index in [-0.39, 0.29) is 29.5 Å². The first kappa shape index (κ1) is 22.2. The smallest absolute Gasteiger partial charge is 0.274 e. The van der Waals surface area contributed by atoms with Crippen LogP contribution in [-0.4, -0.2) is 39.4 Å². The minimum absolute atomic E-state index is 0.0882. The topological polar surface area (TPSA) is 76.5 Å². The number of ether oxygens (including phenoxy) is 1. The third kappa shape index (κ3) is 4.43. The number of rotatable bonds is 4. The summed E-state index contributed by atoms with van der Waals surface area (Å²) in [6.45, 7) is 1.71. The molecule has 1 N–H and O–H groups in total. The molecule has 0 aliphatic carbocycles. The van der Waals surface area contributed by atoms with E-state index in [1.54, 1.807) is 11.2 Å². The number of aromatic nitrogens is 2. The van der Waals surface area contributed by atoms with E-state index in [1.807, 2.05) is 34.9 Å². The molecular weight excluding hydrogens is 442 g/mol. The van der Waals surface area contributed by atoms with Crippen LogP contribution in [0.4, 0.5) is 14.5 Å². The maximum atomic E-state index is 13.4. The molecule has 0 saturated carbocycles. The molecule has 0 bridgehead atoms. The van der Waals surface area contributed by atoms with Crippen LogP contribution in [0, 0.1) is 17.6 Å². The number of benzene rings is 2. The fourth-order valence-electron chi connectivity index (χ4n) is 4.49. The number of piperidine rings is 1. The monoisotopic (exact) mass is 466 g/mol. The number of anilines is 1. The molecule has 2 aliphatic heterocycles. The Bertz CT molecular complexity index is 1210. The molecule has 176 valence electrons. The molecule has 5 rings (SSSR count). The lowest BCUT2D eigenvalue weighted by Gasteiger charge is -2.31. The van der Waals surface area contributed by atoms with Crippen molar-refractivity contribution in [3.63, 3.8) is 0 Å². The predicted molar refractivity (Wildman–Crippen MR) is 120 cm³/mol. The number of fused-ring (bicyclic) bond motifs is 1. The first-order chi connectivity index (χ1) is 16.5. The zero-order valence-electron chi connectivity index (χ0n) is 18.4. The highest BCUT2D eigenvalue weighted by atomic mass is 19.2. The van der Waals surface area contributed by atoms with Crippen LogP contribution >= 0.6 is 0 Å². The van der Waals surface area contributed by atoms with E-state index >= 15 is 0 Å². The maximum Gasteiger partial charge on any atom is 0.274 e. The molecule has 1 unspecified atom stereocenters. The Morgan fingerprint density at radius 1 is 1.03 bits per heavy atom. The molecule has 2 aliphatic rings. The van der Waals surface area contributed by atoms with E-state index in [0.717, 1.165) is 23.4 Å². The number of halogens is 2. The van der Waals surface area contributed by atoms with Crippen molar-refractivity contribution in [1.82, 2.24) is 14.5 Å². The standard InChI is InChI=1S/C25H24F2N4O3/c26-19-7-6-18(12-20(19)27)29-24(32)17-8-10-30(11-9-17)25(33)23-21-14-34-22(13-31(21)15-28-23)16-4-2-1-3-5-16/h1-7,12,15,17,22H,8-11,13-14H2,(H,29,32). The van der Waals surface area contributed by atoms with Gasteiger partial charge in [-0.25, -0.2) is 13.8 Å². The molecule has 3 heterocycles. The zero-order chi connectivity index (χ0) is 23.7. The molecule has 9 heteroatoms. The highest BCUT2D eigenvalue weighted by molar-refractivity contribution is 5.95. The van der Waals surface area contributed by atoms with Crippen LogP contribution in [0.3, 0.4) is 0 Å². The van der Waals surface area contributed by atoms with Crippen molar-refractivity contribution in [2.45, 2.75) is 32.1 Å². The Labute approximate surface area is 195 Å². The average Bonchev–Trinajstić information content (AvgIpc) is 3.30.